The second-order valence-electron chi connectivity index (χ2n) is 3.22. The molecule has 58 valence electrons. The van der Waals surface area contributed by atoms with Crippen LogP contribution in [0.4, 0.5) is 0 Å². The maximum absolute atomic E-state index is 10.5. The zero-order valence-electron chi connectivity index (χ0n) is 6.13. The maximum Gasteiger partial charge on any atom is 0.323 e. The maximum atomic E-state index is 10.5. The summed E-state index contributed by atoms with van der Waals surface area (Å²) >= 11 is 0. The van der Waals surface area contributed by atoms with Crippen LogP contribution < -0.4 is 5.73 Å². The van der Waals surface area contributed by atoms with Gasteiger partial charge in [-0.15, -0.1) is 0 Å². The predicted molar refractivity (Wildman–Crippen MR) is 37.6 cm³/mol. The number of nitrogens with two attached hydrogens (primary N) is 1. The predicted octanol–water partition coefficient (Wildman–Crippen LogP) is 0.588. The highest BCUT2D eigenvalue weighted by atomic mass is 16.4. The van der Waals surface area contributed by atoms with Crippen LogP contribution in [0, 0.1) is 5.92 Å². The molecule has 0 aromatic rings. The molecule has 0 saturated heterocycles. The van der Waals surface area contributed by atoms with Crippen molar-refractivity contribution in [2.24, 2.45) is 11.7 Å². The molecule has 0 aliphatic heterocycles. The van der Waals surface area contributed by atoms with Gasteiger partial charge in [-0.05, 0) is 25.7 Å². The van der Waals surface area contributed by atoms with Crippen molar-refractivity contribution in [1.29, 1.82) is 0 Å². The molecule has 0 radical (unpaired) electrons. The molecular formula is C7H13NO2. The molecule has 0 amide bonds. The lowest BCUT2D eigenvalue weighted by Crippen LogP contribution is -2.53. The third-order valence-electron chi connectivity index (χ3n) is 2.41. The molecule has 0 spiro atoms. The van der Waals surface area contributed by atoms with E-state index in [-0.39, 0.29) is 5.92 Å². The largest absolute Gasteiger partial charge is 0.480 e. The van der Waals surface area contributed by atoms with Crippen molar-refractivity contribution in [1.82, 2.24) is 0 Å². The van der Waals surface area contributed by atoms with Crippen LogP contribution in [0.25, 0.3) is 0 Å². The molecule has 1 fully saturated rings. The molecule has 3 N–H and O–H groups in total. The van der Waals surface area contributed by atoms with Crippen LogP contribution in [0.2, 0.25) is 0 Å². The standard InChI is InChI=1S/C7H13NO2/c1-7(8,6(9)10)5-3-2-4-5/h5H,2-4,8H2,1H3,(H,9,10)/t7-/m0/s1. The van der Waals surface area contributed by atoms with Crippen molar-refractivity contribution in [2.45, 2.75) is 31.7 Å². The fourth-order valence-electron chi connectivity index (χ4n) is 1.18. The van der Waals surface area contributed by atoms with Gasteiger partial charge in [-0.2, -0.15) is 0 Å². The number of carbonyl (C=O) groups is 1. The fraction of sp³-hybridized carbons (Fsp3) is 0.857. The van der Waals surface area contributed by atoms with E-state index >= 15 is 0 Å². The van der Waals surface area contributed by atoms with Gasteiger partial charge in [-0.1, -0.05) is 6.42 Å². The van der Waals surface area contributed by atoms with Crippen molar-refractivity contribution in [2.75, 3.05) is 0 Å². The van der Waals surface area contributed by atoms with Crippen molar-refractivity contribution in [3.63, 3.8) is 0 Å². The van der Waals surface area contributed by atoms with Gasteiger partial charge in [0.25, 0.3) is 0 Å². The monoisotopic (exact) mass is 143 g/mol. The number of rotatable bonds is 2. The van der Waals surface area contributed by atoms with Crippen molar-refractivity contribution in [3.05, 3.63) is 0 Å². The van der Waals surface area contributed by atoms with E-state index in [1.54, 1.807) is 6.92 Å². The number of aliphatic carboxylic acids is 1. The highest BCUT2D eigenvalue weighted by molar-refractivity contribution is 5.78. The highest BCUT2D eigenvalue weighted by Crippen LogP contribution is 2.34. The van der Waals surface area contributed by atoms with E-state index in [1.807, 2.05) is 0 Å². The second-order valence-corrected chi connectivity index (χ2v) is 3.22. The van der Waals surface area contributed by atoms with Crippen LogP contribution in [0.5, 0.6) is 0 Å². The van der Waals surface area contributed by atoms with Gasteiger partial charge in [-0.3, -0.25) is 4.79 Å². The Bertz CT molecular complexity index is 150. The lowest BCUT2D eigenvalue weighted by atomic mass is 9.72. The third kappa shape index (κ3) is 1.01. The molecule has 1 aliphatic rings. The molecule has 1 aliphatic carbocycles. The summed E-state index contributed by atoms with van der Waals surface area (Å²) in [5.74, 6) is -0.679. The minimum Gasteiger partial charge on any atom is -0.480 e. The van der Waals surface area contributed by atoms with E-state index in [9.17, 15) is 4.79 Å². The molecule has 0 unspecified atom stereocenters. The highest BCUT2D eigenvalue weighted by Gasteiger charge is 2.40. The Morgan fingerprint density at radius 1 is 1.70 bits per heavy atom. The molecular weight excluding hydrogens is 130 g/mol. The Hall–Kier alpha value is -0.570. The smallest absolute Gasteiger partial charge is 0.323 e. The number of hydrogen-bond donors (Lipinski definition) is 2. The van der Waals surface area contributed by atoms with Gasteiger partial charge < -0.3 is 10.8 Å². The van der Waals surface area contributed by atoms with Crippen LogP contribution in [-0.2, 0) is 4.79 Å². The van der Waals surface area contributed by atoms with E-state index in [0.717, 1.165) is 19.3 Å². The molecule has 1 rings (SSSR count). The Labute approximate surface area is 60.2 Å². The number of carboxylic acids is 1. The van der Waals surface area contributed by atoms with Gasteiger partial charge in [0, 0.05) is 0 Å². The lowest BCUT2D eigenvalue weighted by molar-refractivity contribution is -0.146. The van der Waals surface area contributed by atoms with Gasteiger partial charge in [0.05, 0.1) is 0 Å². The first-order chi connectivity index (χ1) is 4.55. The van der Waals surface area contributed by atoms with Gasteiger partial charge in [0.2, 0.25) is 0 Å². The third-order valence-corrected chi connectivity index (χ3v) is 2.41. The summed E-state index contributed by atoms with van der Waals surface area (Å²) in [6.45, 7) is 1.60. The summed E-state index contributed by atoms with van der Waals surface area (Å²) in [7, 11) is 0. The molecule has 10 heavy (non-hydrogen) atoms. The summed E-state index contributed by atoms with van der Waals surface area (Å²) in [4.78, 5) is 10.5. The Kier molecular flexibility index (Phi) is 1.68. The zero-order valence-corrected chi connectivity index (χ0v) is 6.13. The first kappa shape index (κ1) is 7.54. The first-order valence-electron chi connectivity index (χ1n) is 3.57. The van der Waals surface area contributed by atoms with Crippen LogP contribution in [0.1, 0.15) is 26.2 Å². The van der Waals surface area contributed by atoms with E-state index in [4.69, 9.17) is 10.8 Å². The second kappa shape index (κ2) is 2.23. The minimum atomic E-state index is -0.988. The van der Waals surface area contributed by atoms with Crippen LogP contribution in [0.3, 0.4) is 0 Å². The topological polar surface area (TPSA) is 63.3 Å². The zero-order chi connectivity index (χ0) is 7.78. The van der Waals surface area contributed by atoms with Crippen molar-refractivity contribution >= 4 is 5.97 Å². The van der Waals surface area contributed by atoms with Crippen LogP contribution in [0.15, 0.2) is 0 Å². The van der Waals surface area contributed by atoms with E-state index < -0.39 is 11.5 Å². The summed E-state index contributed by atoms with van der Waals surface area (Å²) < 4.78 is 0. The molecule has 1 atom stereocenters. The van der Waals surface area contributed by atoms with Crippen LogP contribution in [-0.4, -0.2) is 16.6 Å². The number of hydrogen-bond acceptors (Lipinski definition) is 2. The van der Waals surface area contributed by atoms with Gasteiger partial charge in [-0.25, -0.2) is 0 Å². The molecule has 3 nitrogen and oxygen atoms in total. The van der Waals surface area contributed by atoms with Gasteiger partial charge in [0.1, 0.15) is 5.54 Å². The van der Waals surface area contributed by atoms with E-state index in [0.29, 0.717) is 0 Å². The SMILES string of the molecule is C[C@@](N)(C(=O)O)C1CCC1. The molecule has 1 saturated carbocycles. The summed E-state index contributed by atoms with van der Waals surface area (Å²) in [6, 6.07) is 0. The average molecular weight is 143 g/mol. The van der Waals surface area contributed by atoms with Gasteiger partial charge >= 0.3 is 5.97 Å². The van der Waals surface area contributed by atoms with Crippen molar-refractivity contribution < 1.29 is 9.90 Å². The molecule has 0 aromatic heterocycles. The molecule has 3 heteroatoms. The first-order valence-corrected chi connectivity index (χ1v) is 3.57. The Morgan fingerprint density at radius 2 is 2.20 bits per heavy atom. The van der Waals surface area contributed by atoms with Crippen LogP contribution >= 0.6 is 0 Å². The van der Waals surface area contributed by atoms with E-state index in [2.05, 4.69) is 0 Å². The summed E-state index contributed by atoms with van der Waals surface area (Å²) in [5.41, 5.74) is 4.58. The lowest BCUT2D eigenvalue weighted by Gasteiger charge is -2.36. The minimum absolute atomic E-state index is 0.199. The Morgan fingerprint density at radius 3 is 2.30 bits per heavy atom. The average Bonchev–Trinajstić information content (AvgIpc) is 1.57. The summed E-state index contributed by atoms with van der Waals surface area (Å²) in [5, 5.41) is 8.65. The van der Waals surface area contributed by atoms with E-state index in [1.165, 1.54) is 0 Å². The molecule has 0 heterocycles. The summed E-state index contributed by atoms with van der Waals surface area (Å²) in [6.07, 6.45) is 3.07. The quantitative estimate of drug-likeness (QED) is 0.594. The fourth-order valence-corrected chi connectivity index (χ4v) is 1.18. The molecule has 0 aromatic carbocycles. The van der Waals surface area contributed by atoms with Gasteiger partial charge in [0.15, 0.2) is 0 Å². The Balaban J connectivity index is 2.57. The molecule has 0 bridgehead atoms. The normalized spacial score (nSPS) is 25.0. The van der Waals surface area contributed by atoms with Crippen molar-refractivity contribution in [3.8, 4) is 0 Å². The number of carboxylic acid groups (broad SMARTS) is 1.